The van der Waals surface area contributed by atoms with Crippen LogP contribution in [0.2, 0.25) is 0 Å². The van der Waals surface area contributed by atoms with Gasteiger partial charge in [0.05, 0.1) is 24.9 Å². The van der Waals surface area contributed by atoms with E-state index in [1.807, 2.05) is 26.0 Å². The molecule has 1 aliphatic rings. The number of hydrogen-bond donors (Lipinski definition) is 2. The van der Waals surface area contributed by atoms with Crippen LogP contribution in [0.1, 0.15) is 18.2 Å². The molecule has 7 heteroatoms. The Balaban J connectivity index is 0.00000180. The van der Waals surface area contributed by atoms with Crippen LogP contribution in [0.25, 0.3) is 0 Å². The predicted molar refractivity (Wildman–Crippen MR) is 82.5 cm³/mol. The first kappa shape index (κ1) is 19.1. The second-order valence-corrected chi connectivity index (χ2v) is 4.49. The number of halogens is 2. The molecule has 0 saturated carbocycles. The van der Waals surface area contributed by atoms with Crippen LogP contribution in [-0.4, -0.2) is 36.2 Å². The van der Waals surface area contributed by atoms with Crippen LogP contribution in [-0.2, 0) is 16.1 Å². The van der Waals surface area contributed by atoms with Gasteiger partial charge in [-0.25, -0.2) is 0 Å². The van der Waals surface area contributed by atoms with Crippen LogP contribution in [0.3, 0.4) is 0 Å². The Labute approximate surface area is 131 Å². The molecule has 0 radical (unpaired) electrons. The molecular formula is C13H21Cl2N3O2. The summed E-state index contributed by atoms with van der Waals surface area (Å²) in [5.74, 6) is -0.0350. The summed E-state index contributed by atoms with van der Waals surface area (Å²) in [5, 5.41) is 6.06. The number of nitrogens with one attached hydrogen (secondary N) is 2. The lowest BCUT2D eigenvalue weighted by Gasteiger charge is -2.29. The van der Waals surface area contributed by atoms with Crippen molar-refractivity contribution < 1.29 is 9.53 Å². The minimum atomic E-state index is -0.275. The highest BCUT2D eigenvalue weighted by Gasteiger charge is 2.27. The Morgan fingerprint density at radius 1 is 1.55 bits per heavy atom. The number of aryl methyl sites for hydroxylation is 1. The number of amides is 1. The van der Waals surface area contributed by atoms with Crippen LogP contribution in [0.15, 0.2) is 18.3 Å². The fourth-order valence-electron chi connectivity index (χ4n) is 2.01. The Hall–Kier alpha value is -0.880. The monoisotopic (exact) mass is 321 g/mol. The molecule has 5 nitrogen and oxygen atoms in total. The molecule has 1 aromatic heterocycles. The first-order valence-electron chi connectivity index (χ1n) is 6.21. The highest BCUT2D eigenvalue weighted by atomic mass is 35.5. The third-order valence-electron chi connectivity index (χ3n) is 3.15. The number of pyridine rings is 1. The van der Waals surface area contributed by atoms with Gasteiger partial charge in [0.2, 0.25) is 5.91 Å². The van der Waals surface area contributed by atoms with E-state index in [2.05, 4.69) is 15.6 Å². The second-order valence-electron chi connectivity index (χ2n) is 4.49. The summed E-state index contributed by atoms with van der Waals surface area (Å²) >= 11 is 0. The molecule has 114 valence electrons. The lowest BCUT2D eigenvalue weighted by Crippen LogP contribution is -2.55. The molecule has 0 bridgehead atoms. The predicted octanol–water partition coefficient (Wildman–Crippen LogP) is 1.23. The largest absolute Gasteiger partial charge is 0.375 e. The van der Waals surface area contributed by atoms with Crippen molar-refractivity contribution >= 4 is 30.7 Å². The van der Waals surface area contributed by atoms with E-state index in [0.29, 0.717) is 19.7 Å². The molecule has 1 aliphatic heterocycles. The van der Waals surface area contributed by atoms with Crippen LogP contribution in [0, 0.1) is 6.92 Å². The van der Waals surface area contributed by atoms with Crippen LogP contribution >= 0.6 is 24.8 Å². The number of carbonyl (C=O) groups excluding carboxylic acids is 1. The van der Waals surface area contributed by atoms with Crippen molar-refractivity contribution in [3.05, 3.63) is 29.6 Å². The molecule has 1 fully saturated rings. The highest BCUT2D eigenvalue weighted by Crippen LogP contribution is 2.06. The summed E-state index contributed by atoms with van der Waals surface area (Å²) in [5.41, 5.74) is 1.98. The maximum Gasteiger partial charge on any atom is 0.240 e. The third-order valence-corrected chi connectivity index (χ3v) is 3.15. The van der Waals surface area contributed by atoms with E-state index in [0.717, 1.165) is 11.3 Å². The summed E-state index contributed by atoms with van der Waals surface area (Å²) in [6.07, 6.45) is 1.64. The van der Waals surface area contributed by atoms with Crippen LogP contribution in [0.4, 0.5) is 0 Å². The van der Waals surface area contributed by atoms with Gasteiger partial charge in [-0.2, -0.15) is 0 Å². The van der Waals surface area contributed by atoms with E-state index >= 15 is 0 Å². The molecule has 20 heavy (non-hydrogen) atoms. The maximum absolute atomic E-state index is 12.0. The topological polar surface area (TPSA) is 63.2 Å². The van der Waals surface area contributed by atoms with Crippen LogP contribution < -0.4 is 10.6 Å². The van der Waals surface area contributed by atoms with Gasteiger partial charge >= 0.3 is 0 Å². The number of hydrogen-bond acceptors (Lipinski definition) is 4. The summed E-state index contributed by atoms with van der Waals surface area (Å²) in [4.78, 5) is 16.3. The minimum absolute atomic E-state index is 0. The van der Waals surface area contributed by atoms with E-state index in [1.165, 1.54) is 0 Å². The molecule has 0 spiro atoms. The molecular weight excluding hydrogens is 301 g/mol. The Kier molecular flexibility index (Phi) is 8.73. The van der Waals surface area contributed by atoms with Gasteiger partial charge in [-0.05, 0) is 25.5 Å². The number of aromatic nitrogens is 1. The van der Waals surface area contributed by atoms with Gasteiger partial charge in [0.1, 0.15) is 6.04 Å². The summed E-state index contributed by atoms with van der Waals surface area (Å²) in [6.45, 7) is 5.72. The average Bonchev–Trinajstić information content (AvgIpc) is 2.38. The lowest BCUT2D eigenvalue weighted by atomic mass is 10.1. The lowest BCUT2D eigenvalue weighted by molar-refractivity contribution is -0.129. The zero-order chi connectivity index (χ0) is 13.0. The van der Waals surface area contributed by atoms with Gasteiger partial charge in [-0.15, -0.1) is 24.8 Å². The normalized spacial score (nSPS) is 21.3. The first-order valence-corrected chi connectivity index (χ1v) is 6.21. The third kappa shape index (κ3) is 4.90. The van der Waals surface area contributed by atoms with E-state index in [4.69, 9.17) is 4.74 Å². The minimum Gasteiger partial charge on any atom is -0.375 e. The van der Waals surface area contributed by atoms with Crippen molar-refractivity contribution in [2.75, 3.05) is 13.2 Å². The second kappa shape index (κ2) is 9.13. The molecule has 0 unspecified atom stereocenters. The number of morpholine rings is 1. The molecule has 1 amide bonds. The number of nitrogens with zero attached hydrogens (tertiary/aromatic N) is 1. The van der Waals surface area contributed by atoms with Crippen molar-refractivity contribution in [2.24, 2.45) is 0 Å². The summed E-state index contributed by atoms with van der Waals surface area (Å²) in [7, 11) is 0. The van der Waals surface area contributed by atoms with Crippen molar-refractivity contribution in [1.29, 1.82) is 0 Å². The fourth-order valence-corrected chi connectivity index (χ4v) is 2.01. The van der Waals surface area contributed by atoms with Gasteiger partial charge in [-0.1, -0.05) is 6.07 Å². The van der Waals surface area contributed by atoms with Crippen molar-refractivity contribution in [2.45, 2.75) is 32.5 Å². The van der Waals surface area contributed by atoms with Gasteiger partial charge in [-0.3, -0.25) is 9.78 Å². The number of rotatable bonds is 3. The zero-order valence-electron chi connectivity index (χ0n) is 11.6. The van der Waals surface area contributed by atoms with E-state index in [1.54, 1.807) is 6.20 Å². The molecule has 2 atom stereocenters. The maximum atomic E-state index is 12.0. The number of carbonyl (C=O) groups is 1. The Morgan fingerprint density at radius 2 is 2.30 bits per heavy atom. The van der Waals surface area contributed by atoms with E-state index < -0.39 is 0 Å². The molecule has 2 N–H and O–H groups in total. The SMILES string of the molecule is Cc1cccnc1CNC(=O)[C@H]1NCCO[C@@H]1C.Cl.Cl. The Bertz CT molecular complexity index is 432. The average molecular weight is 322 g/mol. The fraction of sp³-hybridized carbons (Fsp3) is 0.538. The molecule has 2 heterocycles. The number of ether oxygens (including phenoxy) is 1. The molecule has 2 rings (SSSR count). The first-order chi connectivity index (χ1) is 8.68. The zero-order valence-corrected chi connectivity index (χ0v) is 13.2. The van der Waals surface area contributed by atoms with Crippen molar-refractivity contribution in [3.8, 4) is 0 Å². The summed E-state index contributed by atoms with van der Waals surface area (Å²) in [6, 6.07) is 3.60. The molecule has 1 aromatic rings. The smallest absolute Gasteiger partial charge is 0.240 e. The van der Waals surface area contributed by atoms with Gasteiger partial charge in [0.25, 0.3) is 0 Å². The molecule has 0 aliphatic carbocycles. The standard InChI is InChI=1S/C13H19N3O2.2ClH/c1-9-4-3-5-14-11(9)8-16-13(17)12-10(2)18-7-6-15-12;;/h3-5,10,12,15H,6-8H2,1-2H3,(H,16,17);2*1H/t10-,12+;;/m1../s1. The summed E-state index contributed by atoms with van der Waals surface area (Å²) < 4.78 is 5.45. The quantitative estimate of drug-likeness (QED) is 0.879. The highest BCUT2D eigenvalue weighted by molar-refractivity contribution is 5.85. The van der Waals surface area contributed by atoms with Gasteiger partial charge in [0.15, 0.2) is 0 Å². The van der Waals surface area contributed by atoms with Crippen molar-refractivity contribution in [1.82, 2.24) is 15.6 Å². The molecule has 1 saturated heterocycles. The van der Waals surface area contributed by atoms with E-state index in [9.17, 15) is 4.79 Å². The van der Waals surface area contributed by atoms with E-state index in [-0.39, 0.29) is 42.9 Å². The molecule has 0 aromatic carbocycles. The van der Waals surface area contributed by atoms with Crippen molar-refractivity contribution in [3.63, 3.8) is 0 Å². The van der Waals surface area contributed by atoms with Gasteiger partial charge in [0, 0.05) is 12.7 Å². The van der Waals surface area contributed by atoms with Crippen LogP contribution in [0.5, 0.6) is 0 Å². The van der Waals surface area contributed by atoms with Gasteiger partial charge < -0.3 is 15.4 Å². The Morgan fingerprint density at radius 3 is 2.95 bits per heavy atom.